The van der Waals surface area contributed by atoms with E-state index in [4.69, 9.17) is 4.74 Å². The predicted octanol–water partition coefficient (Wildman–Crippen LogP) is 4.69. The molecule has 2 aromatic rings. The normalized spacial score (nSPS) is 27.1. The molecular formula is C24H27F4N5O4S. The fraction of sp³-hybridized carbons (Fsp3) is 0.542. The van der Waals surface area contributed by atoms with E-state index in [1.807, 2.05) is 6.92 Å². The van der Waals surface area contributed by atoms with Crippen LogP contribution < -0.4 is 10.6 Å². The zero-order valence-electron chi connectivity index (χ0n) is 20.7. The Hall–Kier alpha value is -3.00. The third-order valence-electron chi connectivity index (χ3n) is 7.13. The number of sulfone groups is 1. The van der Waals surface area contributed by atoms with Crippen molar-refractivity contribution in [2.45, 2.75) is 57.5 Å². The van der Waals surface area contributed by atoms with Gasteiger partial charge in [0, 0.05) is 30.8 Å². The van der Waals surface area contributed by atoms with Gasteiger partial charge in [-0.3, -0.25) is 4.79 Å². The Kier molecular flexibility index (Phi) is 6.53. The van der Waals surface area contributed by atoms with E-state index < -0.39 is 51.7 Å². The number of alkyl halides is 4. The Balaban J connectivity index is 1.51. The summed E-state index contributed by atoms with van der Waals surface area (Å²) in [5.41, 5.74) is -0.491. The lowest BCUT2D eigenvalue weighted by Gasteiger charge is -2.39. The van der Waals surface area contributed by atoms with Crippen LogP contribution in [-0.4, -0.2) is 54.2 Å². The number of fused-ring (bicyclic) bond motifs is 1. The number of carbonyl (C=O) groups is 1. The standard InChI is InChI=1S/C24H27F4N5O4S/c1-23(16-5-3-4-8-37-16)7-6-13(15(11-23)38(2,35)36)29-14-9-17(31-22(34)12-10-24(12,27)28)30-20-18(14)32-21(33-20)19(25)26/h6,9,11-12,16,19H,3-5,7-8,10H2,1-2H3,(H3,29,30,31,32,33,34)/t12?,16-,23?/m1/s1. The monoisotopic (exact) mass is 557 g/mol. The number of hydrogen-bond acceptors (Lipinski definition) is 7. The fourth-order valence-electron chi connectivity index (χ4n) is 4.89. The molecule has 3 aliphatic rings. The first-order valence-electron chi connectivity index (χ1n) is 12.2. The van der Waals surface area contributed by atoms with E-state index in [0.29, 0.717) is 13.0 Å². The van der Waals surface area contributed by atoms with Crippen LogP contribution in [0, 0.1) is 11.3 Å². The quantitative estimate of drug-likeness (QED) is 0.422. The number of nitrogens with zero attached hydrogens (tertiary/aromatic N) is 2. The second-order valence-corrected chi connectivity index (χ2v) is 12.3. The van der Waals surface area contributed by atoms with E-state index in [1.165, 1.54) is 6.07 Å². The van der Waals surface area contributed by atoms with Crippen molar-refractivity contribution in [1.82, 2.24) is 15.0 Å². The van der Waals surface area contributed by atoms with Crippen LogP contribution in [0.3, 0.4) is 0 Å². The summed E-state index contributed by atoms with van der Waals surface area (Å²) >= 11 is 0. The molecule has 0 spiro atoms. The lowest BCUT2D eigenvalue weighted by Crippen LogP contribution is -2.37. The molecule has 1 saturated carbocycles. The Labute approximate surface area is 216 Å². The van der Waals surface area contributed by atoms with Gasteiger partial charge in [0.15, 0.2) is 21.3 Å². The van der Waals surface area contributed by atoms with Gasteiger partial charge in [-0.2, -0.15) is 0 Å². The number of rotatable bonds is 7. The van der Waals surface area contributed by atoms with Crippen LogP contribution in [0.1, 0.15) is 51.3 Å². The molecule has 1 saturated heterocycles. The van der Waals surface area contributed by atoms with Crippen LogP contribution in [0.25, 0.3) is 11.2 Å². The van der Waals surface area contributed by atoms with Crippen molar-refractivity contribution in [1.29, 1.82) is 0 Å². The summed E-state index contributed by atoms with van der Waals surface area (Å²) in [6.45, 7) is 2.52. The summed E-state index contributed by atoms with van der Waals surface area (Å²) in [6, 6.07) is 1.25. The van der Waals surface area contributed by atoms with Crippen LogP contribution in [0.2, 0.25) is 0 Å². The molecule has 2 aliphatic carbocycles. The minimum absolute atomic E-state index is 0.00165. The van der Waals surface area contributed by atoms with Gasteiger partial charge in [-0.25, -0.2) is 35.9 Å². The highest BCUT2D eigenvalue weighted by Gasteiger charge is 2.61. The third-order valence-corrected chi connectivity index (χ3v) is 8.26. The average molecular weight is 558 g/mol. The molecule has 0 bridgehead atoms. The third kappa shape index (κ3) is 5.15. The summed E-state index contributed by atoms with van der Waals surface area (Å²) in [4.78, 5) is 22.5. The van der Waals surface area contributed by atoms with Crippen LogP contribution in [0.5, 0.6) is 0 Å². The molecule has 1 amide bonds. The molecule has 0 aromatic carbocycles. The number of aromatic amines is 1. The second kappa shape index (κ2) is 9.33. The minimum Gasteiger partial charge on any atom is -0.377 e. The maximum atomic E-state index is 13.4. The highest BCUT2D eigenvalue weighted by molar-refractivity contribution is 7.94. The Morgan fingerprint density at radius 1 is 1.26 bits per heavy atom. The Morgan fingerprint density at radius 3 is 2.61 bits per heavy atom. The molecule has 9 nitrogen and oxygen atoms in total. The van der Waals surface area contributed by atoms with Crippen molar-refractivity contribution in [3.8, 4) is 0 Å². The molecule has 3 atom stereocenters. The molecule has 2 unspecified atom stereocenters. The summed E-state index contributed by atoms with van der Waals surface area (Å²) < 4.78 is 85.1. The van der Waals surface area contributed by atoms with Gasteiger partial charge in [-0.15, -0.1) is 0 Å². The summed E-state index contributed by atoms with van der Waals surface area (Å²) in [5.74, 6) is -6.44. The molecule has 3 N–H and O–H groups in total. The van der Waals surface area contributed by atoms with Crippen molar-refractivity contribution in [2.24, 2.45) is 11.3 Å². The lowest BCUT2D eigenvalue weighted by atomic mass is 9.75. The summed E-state index contributed by atoms with van der Waals surface area (Å²) in [5, 5.41) is 5.25. The Bertz CT molecular complexity index is 1450. The van der Waals surface area contributed by atoms with Gasteiger partial charge in [-0.05, 0) is 25.7 Å². The summed E-state index contributed by atoms with van der Waals surface area (Å²) in [6.07, 6.45) is 3.85. The van der Waals surface area contributed by atoms with E-state index in [9.17, 15) is 30.8 Å². The fourth-order valence-corrected chi connectivity index (χ4v) is 5.91. The number of aromatic nitrogens is 3. The van der Waals surface area contributed by atoms with Gasteiger partial charge in [0.1, 0.15) is 17.3 Å². The van der Waals surface area contributed by atoms with Crippen LogP contribution >= 0.6 is 0 Å². The van der Waals surface area contributed by atoms with Crippen molar-refractivity contribution in [3.63, 3.8) is 0 Å². The smallest absolute Gasteiger partial charge is 0.295 e. The molecule has 2 fully saturated rings. The van der Waals surface area contributed by atoms with Gasteiger partial charge in [0.2, 0.25) is 5.91 Å². The van der Waals surface area contributed by atoms with Crippen LogP contribution in [-0.2, 0) is 19.4 Å². The number of allylic oxidation sites excluding steroid dienone is 1. The van der Waals surface area contributed by atoms with E-state index in [2.05, 4.69) is 25.6 Å². The topological polar surface area (TPSA) is 126 Å². The molecular weight excluding hydrogens is 530 g/mol. The van der Waals surface area contributed by atoms with E-state index >= 15 is 0 Å². The van der Waals surface area contributed by atoms with Gasteiger partial charge in [0.05, 0.1) is 22.4 Å². The van der Waals surface area contributed by atoms with Crippen molar-refractivity contribution in [3.05, 3.63) is 34.6 Å². The van der Waals surface area contributed by atoms with Gasteiger partial charge in [0.25, 0.3) is 12.3 Å². The number of H-pyrrole nitrogens is 1. The van der Waals surface area contributed by atoms with Gasteiger partial charge < -0.3 is 20.4 Å². The number of nitrogens with one attached hydrogen (secondary N) is 3. The number of hydrogen-bond donors (Lipinski definition) is 3. The van der Waals surface area contributed by atoms with E-state index in [-0.39, 0.29) is 39.4 Å². The molecule has 3 heterocycles. The van der Waals surface area contributed by atoms with E-state index in [1.54, 1.807) is 12.2 Å². The second-order valence-electron chi connectivity index (χ2n) is 10.3. The molecule has 14 heteroatoms. The predicted molar refractivity (Wildman–Crippen MR) is 131 cm³/mol. The first-order valence-corrected chi connectivity index (χ1v) is 14.1. The minimum atomic E-state index is -3.75. The van der Waals surface area contributed by atoms with Gasteiger partial charge >= 0.3 is 0 Å². The lowest BCUT2D eigenvalue weighted by molar-refractivity contribution is -0.119. The highest BCUT2D eigenvalue weighted by atomic mass is 32.2. The first-order chi connectivity index (χ1) is 17.8. The van der Waals surface area contributed by atoms with Crippen molar-refractivity contribution >= 4 is 38.4 Å². The number of amides is 1. The van der Waals surface area contributed by atoms with E-state index in [0.717, 1.165) is 25.5 Å². The molecule has 5 rings (SSSR count). The van der Waals surface area contributed by atoms with Crippen LogP contribution in [0.4, 0.5) is 29.1 Å². The number of halogens is 4. The Morgan fingerprint density at radius 2 is 2.00 bits per heavy atom. The SMILES string of the molecule is CC1([C@H]2CCCCO2)C=C(S(C)(=O)=O)C(Nc2cc(NC(=O)C3CC3(F)F)nc3[nH]c(C(F)F)nc23)=CC1. The number of anilines is 2. The largest absolute Gasteiger partial charge is 0.377 e. The number of pyridine rings is 1. The maximum Gasteiger partial charge on any atom is 0.295 e. The molecule has 0 radical (unpaired) electrons. The number of imidazole rings is 1. The molecule has 38 heavy (non-hydrogen) atoms. The zero-order valence-corrected chi connectivity index (χ0v) is 21.5. The number of ether oxygens (including phenoxy) is 1. The molecule has 206 valence electrons. The van der Waals surface area contributed by atoms with Crippen molar-refractivity contribution in [2.75, 3.05) is 23.5 Å². The summed E-state index contributed by atoms with van der Waals surface area (Å²) in [7, 11) is -3.75. The van der Waals surface area contributed by atoms with Gasteiger partial charge in [-0.1, -0.05) is 19.1 Å². The zero-order chi connectivity index (χ0) is 27.5. The average Bonchev–Trinajstić information content (AvgIpc) is 3.28. The van der Waals surface area contributed by atoms with Crippen LogP contribution in [0.15, 0.2) is 28.8 Å². The highest BCUT2D eigenvalue weighted by Crippen LogP contribution is 2.49. The molecule has 2 aromatic heterocycles. The first kappa shape index (κ1) is 26.6. The van der Waals surface area contributed by atoms with Crippen molar-refractivity contribution < 1.29 is 35.5 Å². The maximum absolute atomic E-state index is 13.4. The number of carbonyl (C=O) groups excluding carboxylic acids is 1. The molecule has 1 aliphatic heterocycles.